The highest BCUT2D eigenvalue weighted by molar-refractivity contribution is 5.91. The van der Waals surface area contributed by atoms with E-state index in [4.69, 9.17) is 9.47 Å². The van der Waals surface area contributed by atoms with E-state index in [-0.39, 0.29) is 24.7 Å². The van der Waals surface area contributed by atoms with E-state index in [0.29, 0.717) is 24.2 Å². The average Bonchev–Trinajstić information content (AvgIpc) is 3.21. The number of aliphatic hydroxyl groups excluding tert-OH is 1. The molecule has 0 aromatic carbocycles. The van der Waals surface area contributed by atoms with Gasteiger partial charge in [0.1, 0.15) is 0 Å². The van der Waals surface area contributed by atoms with Gasteiger partial charge in [-0.1, -0.05) is 19.3 Å². The summed E-state index contributed by atoms with van der Waals surface area (Å²) in [5, 5.41) is 9.34. The van der Waals surface area contributed by atoms with Gasteiger partial charge in [0.25, 0.3) is 5.91 Å². The van der Waals surface area contributed by atoms with E-state index in [0.717, 1.165) is 38.8 Å². The highest BCUT2D eigenvalue weighted by Crippen LogP contribution is 2.42. The maximum atomic E-state index is 12.9. The van der Waals surface area contributed by atoms with E-state index in [1.54, 1.807) is 0 Å². The fourth-order valence-corrected chi connectivity index (χ4v) is 4.91. The van der Waals surface area contributed by atoms with Crippen LogP contribution in [0.25, 0.3) is 0 Å². The fourth-order valence-electron chi connectivity index (χ4n) is 4.91. The highest BCUT2D eigenvalue weighted by Gasteiger charge is 2.41. The molecule has 1 amide bonds. The van der Waals surface area contributed by atoms with Gasteiger partial charge in [-0.25, -0.2) is 0 Å². The molecule has 0 bridgehead atoms. The first-order valence-electron chi connectivity index (χ1n) is 10.6. The number of allylic oxidation sites excluding steroid dienone is 1. The van der Waals surface area contributed by atoms with Crippen LogP contribution in [0.2, 0.25) is 0 Å². The van der Waals surface area contributed by atoms with Crippen molar-refractivity contribution in [3.05, 3.63) is 11.8 Å². The van der Waals surface area contributed by atoms with Gasteiger partial charge >= 0.3 is 0 Å². The van der Waals surface area contributed by atoms with Crippen LogP contribution in [0.3, 0.4) is 0 Å². The number of nitrogens with zero attached hydrogens (tertiary/aromatic N) is 1. The molecule has 2 fully saturated rings. The zero-order valence-corrected chi connectivity index (χ0v) is 16.2. The Bertz CT molecular complexity index is 480. The van der Waals surface area contributed by atoms with Crippen LogP contribution in [0, 0.1) is 17.8 Å². The molecule has 148 valence electrons. The molecule has 2 aliphatic heterocycles. The molecule has 5 nitrogen and oxygen atoms in total. The van der Waals surface area contributed by atoms with Crippen LogP contribution in [0.4, 0.5) is 0 Å². The molecule has 0 unspecified atom stereocenters. The molecule has 0 aromatic heterocycles. The monoisotopic (exact) mass is 365 g/mol. The lowest BCUT2D eigenvalue weighted by molar-refractivity contribution is -0.179. The van der Waals surface area contributed by atoms with E-state index in [1.165, 1.54) is 32.1 Å². The summed E-state index contributed by atoms with van der Waals surface area (Å²) >= 11 is 0. The zero-order chi connectivity index (χ0) is 18.4. The third-order valence-electron chi connectivity index (χ3n) is 6.26. The van der Waals surface area contributed by atoms with Crippen molar-refractivity contribution in [2.45, 2.75) is 71.0 Å². The van der Waals surface area contributed by atoms with E-state index in [2.05, 4.69) is 6.08 Å². The first kappa shape index (κ1) is 19.7. The number of ether oxygens (including phenoxy) is 2. The molecule has 3 rings (SSSR count). The maximum absolute atomic E-state index is 12.9. The summed E-state index contributed by atoms with van der Waals surface area (Å²) in [6, 6.07) is 0. The Labute approximate surface area is 157 Å². The normalized spacial score (nSPS) is 30.2. The first-order valence-corrected chi connectivity index (χ1v) is 10.6. The van der Waals surface area contributed by atoms with Crippen molar-refractivity contribution in [1.82, 2.24) is 4.90 Å². The molecular weight excluding hydrogens is 330 g/mol. The molecular formula is C21H35NO4. The molecule has 0 aromatic rings. The second-order valence-corrected chi connectivity index (χ2v) is 7.98. The molecule has 1 saturated carbocycles. The summed E-state index contributed by atoms with van der Waals surface area (Å²) in [6.07, 6.45) is 11.9. The van der Waals surface area contributed by atoms with Crippen LogP contribution in [0.5, 0.6) is 0 Å². The van der Waals surface area contributed by atoms with Crippen LogP contribution in [-0.2, 0) is 14.3 Å². The number of carbonyl (C=O) groups is 1. The zero-order valence-electron chi connectivity index (χ0n) is 16.2. The summed E-state index contributed by atoms with van der Waals surface area (Å²) in [6.45, 7) is 4.41. The molecule has 1 aliphatic carbocycles. The van der Waals surface area contributed by atoms with Gasteiger partial charge in [0.15, 0.2) is 5.76 Å². The van der Waals surface area contributed by atoms with Crippen molar-refractivity contribution in [3.8, 4) is 0 Å². The van der Waals surface area contributed by atoms with Crippen molar-refractivity contribution in [1.29, 1.82) is 0 Å². The molecule has 3 atom stereocenters. The van der Waals surface area contributed by atoms with E-state index in [1.807, 2.05) is 11.8 Å². The number of hydrogen-bond acceptors (Lipinski definition) is 4. The van der Waals surface area contributed by atoms with E-state index < -0.39 is 0 Å². The molecule has 0 spiro atoms. The molecule has 5 heteroatoms. The van der Waals surface area contributed by atoms with Gasteiger partial charge in [-0.3, -0.25) is 4.79 Å². The Hall–Kier alpha value is -1.07. The summed E-state index contributed by atoms with van der Waals surface area (Å²) < 4.78 is 12.0. The standard InChI is InChI=1S/C21H35NO4/c1-2-25-21-17(11-8-14-23)18(16-9-4-3-5-10-16)15-19(26-21)20(24)22-12-6-7-13-22/h15-18,21,23H,2-14H2,1H3/t17-,18-,21-/m0/s1. The predicted molar refractivity (Wildman–Crippen MR) is 100 cm³/mol. The van der Waals surface area contributed by atoms with Crippen LogP contribution in [0.1, 0.15) is 64.7 Å². The largest absolute Gasteiger partial charge is 0.459 e. The minimum atomic E-state index is -0.370. The minimum absolute atomic E-state index is 0.0358. The Morgan fingerprint density at radius 1 is 1.23 bits per heavy atom. The topological polar surface area (TPSA) is 59.0 Å². The SMILES string of the molecule is CCO[C@H]1OC(C(=O)N2CCCC2)=C[C@@H](C2CCCCC2)[C@@H]1CCCO. The maximum Gasteiger partial charge on any atom is 0.288 e. The van der Waals surface area contributed by atoms with E-state index >= 15 is 0 Å². The number of likely N-dealkylation sites (tertiary alicyclic amines) is 1. The molecule has 1 saturated heterocycles. The van der Waals surface area contributed by atoms with Gasteiger partial charge in [0.05, 0.1) is 0 Å². The first-order chi connectivity index (χ1) is 12.7. The summed E-state index contributed by atoms with van der Waals surface area (Å²) in [5.41, 5.74) is 0. The lowest BCUT2D eigenvalue weighted by Crippen LogP contribution is -2.42. The average molecular weight is 366 g/mol. The van der Waals surface area contributed by atoms with Gasteiger partial charge < -0.3 is 19.5 Å². The third kappa shape index (κ3) is 4.61. The van der Waals surface area contributed by atoms with Crippen LogP contribution in [-0.4, -0.2) is 48.5 Å². The van der Waals surface area contributed by atoms with Crippen LogP contribution < -0.4 is 0 Å². The Morgan fingerprint density at radius 2 is 1.96 bits per heavy atom. The third-order valence-corrected chi connectivity index (χ3v) is 6.26. The second kappa shape index (κ2) is 9.75. The number of hydrogen-bond donors (Lipinski definition) is 1. The summed E-state index contributed by atoms with van der Waals surface area (Å²) in [4.78, 5) is 14.9. The molecule has 26 heavy (non-hydrogen) atoms. The van der Waals surface area contributed by atoms with Crippen molar-refractivity contribution in [2.75, 3.05) is 26.3 Å². The second-order valence-electron chi connectivity index (χ2n) is 7.98. The number of amides is 1. The molecule has 2 heterocycles. The Kier molecular flexibility index (Phi) is 7.38. The fraction of sp³-hybridized carbons (Fsp3) is 0.857. The number of carbonyl (C=O) groups excluding carboxylic acids is 1. The van der Waals surface area contributed by atoms with Gasteiger partial charge in [-0.15, -0.1) is 0 Å². The lowest BCUT2D eigenvalue weighted by Gasteiger charge is -2.41. The van der Waals surface area contributed by atoms with Gasteiger partial charge in [-0.05, 0) is 63.4 Å². The van der Waals surface area contributed by atoms with Gasteiger partial charge in [-0.2, -0.15) is 0 Å². The summed E-state index contributed by atoms with van der Waals surface area (Å²) in [5.74, 6) is 1.67. The summed E-state index contributed by atoms with van der Waals surface area (Å²) in [7, 11) is 0. The quantitative estimate of drug-likeness (QED) is 0.750. The minimum Gasteiger partial charge on any atom is -0.459 e. The number of aliphatic hydroxyl groups is 1. The van der Waals surface area contributed by atoms with E-state index in [9.17, 15) is 9.90 Å². The van der Waals surface area contributed by atoms with Crippen molar-refractivity contribution < 1.29 is 19.4 Å². The molecule has 3 aliphatic rings. The van der Waals surface area contributed by atoms with Crippen LogP contribution >= 0.6 is 0 Å². The van der Waals surface area contributed by atoms with Crippen molar-refractivity contribution in [3.63, 3.8) is 0 Å². The van der Waals surface area contributed by atoms with Gasteiger partial charge in [0.2, 0.25) is 6.29 Å². The predicted octanol–water partition coefficient (Wildman–Crippen LogP) is 3.47. The van der Waals surface area contributed by atoms with Crippen molar-refractivity contribution in [2.24, 2.45) is 17.8 Å². The Balaban J connectivity index is 1.83. The van der Waals surface area contributed by atoms with Gasteiger partial charge in [0, 0.05) is 32.2 Å². The Morgan fingerprint density at radius 3 is 2.62 bits per heavy atom. The molecule has 0 radical (unpaired) electrons. The number of rotatable bonds is 7. The van der Waals surface area contributed by atoms with Crippen LogP contribution in [0.15, 0.2) is 11.8 Å². The highest BCUT2D eigenvalue weighted by atomic mass is 16.7. The smallest absolute Gasteiger partial charge is 0.288 e. The molecule has 1 N–H and O–H groups in total. The van der Waals surface area contributed by atoms with Crippen molar-refractivity contribution >= 4 is 5.91 Å². The lowest BCUT2D eigenvalue weighted by atomic mass is 9.71.